The number of ketones is 1. The van der Waals surface area contributed by atoms with E-state index in [-0.39, 0.29) is 16.3 Å². The molecule has 3 N–H and O–H groups in total. The first kappa shape index (κ1) is 20.1. The van der Waals surface area contributed by atoms with Crippen LogP contribution in [0.4, 0.5) is 5.00 Å². The van der Waals surface area contributed by atoms with Crippen LogP contribution in [0.5, 0.6) is 5.75 Å². The topological polar surface area (TPSA) is 125 Å². The van der Waals surface area contributed by atoms with Crippen LogP contribution in [0.3, 0.4) is 0 Å². The Bertz CT molecular complexity index is 859. The molecule has 27 heavy (non-hydrogen) atoms. The summed E-state index contributed by atoms with van der Waals surface area (Å²) in [5, 5.41) is 4.39. The lowest BCUT2D eigenvalue weighted by molar-refractivity contribution is -0.155. The van der Waals surface area contributed by atoms with Crippen LogP contribution in [0.1, 0.15) is 34.6 Å². The van der Waals surface area contributed by atoms with E-state index in [9.17, 15) is 19.2 Å². The number of hydrogen-bond donors (Lipinski definition) is 2. The second kappa shape index (κ2) is 8.95. The molecule has 1 atom stereocenters. The van der Waals surface area contributed by atoms with Crippen molar-refractivity contribution in [1.82, 2.24) is 0 Å². The van der Waals surface area contributed by atoms with Crippen LogP contribution in [0.2, 0.25) is 0 Å². The summed E-state index contributed by atoms with van der Waals surface area (Å²) in [6, 6.07) is 7.77. The number of amides is 2. The van der Waals surface area contributed by atoms with Crippen molar-refractivity contribution >= 4 is 39.9 Å². The quantitative estimate of drug-likeness (QED) is 0.525. The van der Waals surface area contributed by atoms with Crippen molar-refractivity contribution in [3.05, 3.63) is 46.8 Å². The van der Waals surface area contributed by atoms with Gasteiger partial charge in [-0.25, -0.2) is 4.79 Å². The number of carbonyl (C=O) groups excluding carboxylic acids is 4. The van der Waals surface area contributed by atoms with E-state index in [1.807, 2.05) is 0 Å². The van der Waals surface area contributed by atoms with Gasteiger partial charge in [-0.1, -0.05) is 0 Å². The summed E-state index contributed by atoms with van der Waals surface area (Å²) in [7, 11) is 0. The summed E-state index contributed by atoms with van der Waals surface area (Å²) >= 11 is 1.13. The zero-order valence-electron chi connectivity index (χ0n) is 14.7. The molecule has 0 unspecified atom stereocenters. The van der Waals surface area contributed by atoms with Gasteiger partial charge < -0.3 is 20.5 Å². The Hall–Kier alpha value is -3.20. The fourth-order valence-corrected chi connectivity index (χ4v) is 2.82. The van der Waals surface area contributed by atoms with Gasteiger partial charge in [0.25, 0.3) is 11.8 Å². The first-order valence-corrected chi connectivity index (χ1v) is 8.77. The average Bonchev–Trinajstić information content (AvgIpc) is 3.08. The summed E-state index contributed by atoms with van der Waals surface area (Å²) in [4.78, 5) is 46.4. The van der Waals surface area contributed by atoms with Crippen LogP contribution in [0.25, 0.3) is 0 Å². The molecule has 2 rings (SSSR count). The minimum atomic E-state index is -1.09. The SMILES string of the molecule is CC(=O)c1ccc(OCC(=O)O[C@@H](C)C(=O)Nc2sccc2C(N)=O)cc1. The molecule has 2 amide bonds. The van der Waals surface area contributed by atoms with Crippen LogP contribution >= 0.6 is 11.3 Å². The van der Waals surface area contributed by atoms with Gasteiger partial charge in [-0.15, -0.1) is 11.3 Å². The van der Waals surface area contributed by atoms with E-state index >= 15 is 0 Å². The van der Waals surface area contributed by atoms with Crippen molar-refractivity contribution in [3.8, 4) is 5.75 Å². The van der Waals surface area contributed by atoms with Gasteiger partial charge in [0.2, 0.25) is 0 Å². The predicted molar refractivity (Wildman–Crippen MR) is 99.0 cm³/mol. The highest BCUT2D eigenvalue weighted by Gasteiger charge is 2.21. The number of nitrogens with two attached hydrogens (primary N) is 1. The first-order chi connectivity index (χ1) is 12.8. The highest BCUT2D eigenvalue weighted by atomic mass is 32.1. The number of anilines is 1. The summed E-state index contributed by atoms with van der Waals surface area (Å²) in [5.74, 6) is -1.70. The van der Waals surface area contributed by atoms with Gasteiger partial charge >= 0.3 is 5.97 Å². The molecule has 0 aliphatic rings. The van der Waals surface area contributed by atoms with E-state index in [2.05, 4.69) is 5.32 Å². The van der Waals surface area contributed by atoms with Gasteiger partial charge in [0, 0.05) is 5.56 Å². The van der Waals surface area contributed by atoms with E-state index < -0.39 is 30.5 Å². The molecular weight excluding hydrogens is 372 g/mol. The van der Waals surface area contributed by atoms with Gasteiger partial charge in [0.1, 0.15) is 10.8 Å². The Morgan fingerprint density at radius 1 is 1.15 bits per heavy atom. The Morgan fingerprint density at radius 2 is 1.81 bits per heavy atom. The molecule has 142 valence electrons. The fourth-order valence-electron chi connectivity index (χ4n) is 2.03. The van der Waals surface area contributed by atoms with E-state index in [1.54, 1.807) is 29.6 Å². The molecule has 9 heteroatoms. The molecule has 0 fully saturated rings. The Morgan fingerprint density at radius 3 is 2.41 bits per heavy atom. The molecular formula is C18H18N2O6S. The number of carbonyl (C=O) groups is 4. The summed E-state index contributed by atoms with van der Waals surface area (Å²) < 4.78 is 10.3. The second-order valence-electron chi connectivity index (χ2n) is 5.52. The van der Waals surface area contributed by atoms with Crippen molar-refractivity contribution in [1.29, 1.82) is 0 Å². The number of rotatable bonds is 8. The molecule has 0 aliphatic carbocycles. The Labute approximate surface area is 159 Å². The highest BCUT2D eigenvalue weighted by Crippen LogP contribution is 2.23. The summed E-state index contributed by atoms with van der Waals surface area (Å²) in [6.45, 7) is 2.44. The van der Waals surface area contributed by atoms with Crippen molar-refractivity contribution in [2.75, 3.05) is 11.9 Å². The monoisotopic (exact) mass is 390 g/mol. The van der Waals surface area contributed by atoms with E-state index in [4.69, 9.17) is 15.2 Å². The molecule has 8 nitrogen and oxygen atoms in total. The summed E-state index contributed by atoms with van der Waals surface area (Å²) in [6.07, 6.45) is -1.09. The predicted octanol–water partition coefficient (Wildman–Crippen LogP) is 2.00. The minimum absolute atomic E-state index is 0.0777. The molecule has 2 aromatic rings. The minimum Gasteiger partial charge on any atom is -0.482 e. The number of esters is 1. The number of primary amides is 1. The van der Waals surface area contributed by atoms with Gasteiger partial charge in [-0.2, -0.15) is 0 Å². The molecule has 0 saturated carbocycles. The number of benzene rings is 1. The van der Waals surface area contributed by atoms with Gasteiger partial charge in [0.15, 0.2) is 18.5 Å². The van der Waals surface area contributed by atoms with Gasteiger partial charge in [-0.05, 0) is 49.6 Å². The van der Waals surface area contributed by atoms with E-state index in [0.717, 1.165) is 11.3 Å². The largest absolute Gasteiger partial charge is 0.482 e. The van der Waals surface area contributed by atoms with Crippen LogP contribution in [-0.2, 0) is 14.3 Å². The van der Waals surface area contributed by atoms with Crippen LogP contribution in [0, 0.1) is 0 Å². The number of nitrogens with one attached hydrogen (secondary N) is 1. The zero-order chi connectivity index (χ0) is 20.0. The average molecular weight is 390 g/mol. The maximum Gasteiger partial charge on any atom is 0.344 e. The number of ether oxygens (including phenoxy) is 2. The third-order valence-corrected chi connectivity index (χ3v) is 4.29. The molecule has 1 aromatic heterocycles. The normalized spacial score (nSPS) is 11.3. The third-order valence-electron chi connectivity index (χ3n) is 3.46. The van der Waals surface area contributed by atoms with Crippen molar-refractivity contribution in [3.63, 3.8) is 0 Å². The molecule has 0 bridgehead atoms. The lowest BCUT2D eigenvalue weighted by Gasteiger charge is -2.13. The maximum atomic E-state index is 12.1. The lowest BCUT2D eigenvalue weighted by Crippen LogP contribution is -2.32. The van der Waals surface area contributed by atoms with Gasteiger partial charge in [0.05, 0.1) is 5.56 Å². The molecule has 1 heterocycles. The second-order valence-corrected chi connectivity index (χ2v) is 6.43. The van der Waals surface area contributed by atoms with Crippen molar-refractivity contribution in [2.45, 2.75) is 20.0 Å². The van der Waals surface area contributed by atoms with Crippen molar-refractivity contribution in [2.24, 2.45) is 5.73 Å². The van der Waals surface area contributed by atoms with Crippen LogP contribution in [0.15, 0.2) is 35.7 Å². The smallest absolute Gasteiger partial charge is 0.344 e. The molecule has 0 aliphatic heterocycles. The standard InChI is InChI=1S/C18H18N2O6S/c1-10(21)12-3-5-13(6-4-12)25-9-15(22)26-11(2)17(24)20-18-14(16(19)23)7-8-27-18/h3-8,11H,9H2,1-2H3,(H2,19,23)(H,20,24)/t11-/m0/s1. The number of hydrogen-bond acceptors (Lipinski definition) is 7. The lowest BCUT2D eigenvalue weighted by atomic mass is 10.1. The Kier molecular flexibility index (Phi) is 6.67. The highest BCUT2D eigenvalue weighted by molar-refractivity contribution is 7.14. The van der Waals surface area contributed by atoms with E-state index in [0.29, 0.717) is 11.3 Å². The fraction of sp³-hybridized carbons (Fsp3) is 0.222. The molecule has 0 radical (unpaired) electrons. The molecule has 0 spiro atoms. The Balaban J connectivity index is 1.83. The van der Waals surface area contributed by atoms with Crippen molar-refractivity contribution < 1.29 is 28.7 Å². The zero-order valence-corrected chi connectivity index (χ0v) is 15.5. The first-order valence-electron chi connectivity index (χ1n) is 7.89. The molecule has 1 aromatic carbocycles. The summed E-state index contributed by atoms with van der Waals surface area (Å²) in [5.41, 5.74) is 5.92. The van der Waals surface area contributed by atoms with Gasteiger partial charge in [-0.3, -0.25) is 14.4 Å². The van der Waals surface area contributed by atoms with Crippen LogP contribution < -0.4 is 15.8 Å². The van der Waals surface area contributed by atoms with E-state index in [1.165, 1.54) is 19.9 Å². The third kappa shape index (κ3) is 5.65. The molecule has 0 saturated heterocycles. The number of thiophene rings is 1. The number of Topliss-reactive ketones (excluding diaryl/α,β-unsaturated/α-hetero) is 1. The maximum absolute atomic E-state index is 12.1. The van der Waals surface area contributed by atoms with Crippen LogP contribution in [-0.4, -0.2) is 36.3 Å².